The van der Waals surface area contributed by atoms with E-state index in [2.05, 4.69) is 9.44 Å². The Hall–Kier alpha value is -1.67. The third kappa shape index (κ3) is 2.16. The predicted molar refractivity (Wildman–Crippen MR) is 65.1 cm³/mol. The van der Waals surface area contributed by atoms with Crippen molar-refractivity contribution >= 4 is 27.5 Å². The molecule has 0 bridgehead atoms. The topological polar surface area (TPSA) is 78.5 Å². The average Bonchev–Trinajstić information content (AvgIpc) is 2.54. The monoisotopic (exact) mass is 273 g/mol. The molecule has 8 heteroatoms. The fourth-order valence-electron chi connectivity index (χ4n) is 1.84. The summed E-state index contributed by atoms with van der Waals surface area (Å²) >= 11 is 0. The lowest BCUT2D eigenvalue weighted by Crippen LogP contribution is -2.26. The first-order valence-corrected chi connectivity index (χ1v) is 6.62. The number of anilines is 2. The Bertz CT molecular complexity index is 615. The lowest BCUT2D eigenvalue weighted by atomic mass is 10.1. The highest BCUT2D eigenvalue weighted by molar-refractivity contribution is 7.90. The van der Waals surface area contributed by atoms with Gasteiger partial charge in [-0.1, -0.05) is 0 Å². The van der Waals surface area contributed by atoms with Crippen molar-refractivity contribution in [2.24, 2.45) is 0 Å². The first-order valence-electron chi connectivity index (χ1n) is 5.14. The number of carbonyl (C=O) groups is 1. The Kier molecular flexibility index (Phi) is 2.99. The Morgan fingerprint density at radius 2 is 2.06 bits per heavy atom. The van der Waals surface area contributed by atoms with E-state index in [9.17, 15) is 17.6 Å². The number of amides is 1. The fourth-order valence-corrected chi connectivity index (χ4v) is 2.37. The van der Waals surface area contributed by atoms with Gasteiger partial charge in [-0.15, -0.1) is 0 Å². The van der Waals surface area contributed by atoms with Crippen LogP contribution in [0.3, 0.4) is 0 Å². The van der Waals surface area contributed by atoms with E-state index >= 15 is 0 Å². The standard InChI is InChI=1S/C10H12FN3O3S/c1-12-18(16,17)13-7-3-6-4-9(15)14(2)10(6)8(11)5-7/h3,5,12-13H,4H2,1-2H3. The van der Waals surface area contributed by atoms with Gasteiger partial charge in [-0.25, -0.2) is 9.11 Å². The van der Waals surface area contributed by atoms with Crippen molar-refractivity contribution in [3.63, 3.8) is 0 Å². The van der Waals surface area contributed by atoms with Crippen LogP contribution in [0.25, 0.3) is 0 Å². The number of likely N-dealkylation sites (N-methyl/N-ethyl adjacent to an activating group) is 1. The van der Waals surface area contributed by atoms with E-state index in [1.54, 1.807) is 0 Å². The largest absolute Gasteiger partial charge is 0.312 e. The number of carbonyl (C=O) groups excluding carboxylic acids is 1. The Labute approximate surface area is 104 Å². The minimum atomic E-state index is -3.70. The van der Waals surface area contributed by atoms with Crippen LogP contribution in [0.15, 0.2) is 12.1 Å². The molecule has 1 aromatic carbocycles. The third-order valence-electron chi connectivity index (χ3n) is 2.71. The highest BCUT2D eigenvalue weighted by Gasteiger charge is 2.28. The summed E-state index contributed by atoms with van der Waals surface area (Å²) in [6, 6.07) is 2.50. The number of rotatable bonds is 3. The van der Waals surface area contributed by atoms with Gasteiger partial charge in [0, 0.05) is 20.2 Å². The van der Waals surface area contributed by atoms with Gasteiger partial charge >= 0.3 is 0 Å². The van der Waals surface area contributed by atoms with Crippen molar-refractivity contribution in [3.05, 3.63) is 23.5 Å². The van der Waals surface area contributed by atoms with E-state index in [0.29, 0.717) is 5.56 Å². The Morgan fingerprint density at radius 3 is 2.67 bits per heavy atom. The summed E-state index contributed by atoms with van der Waals surface area (Å²) in [6.45, 7) is 0. The van der Waals surface area contributed by atoms with Crippen LogP contribution in [0, 0.1) is 5.82 Å². The van der Waals surface area contributed by atoms with Crippen molar-refractivity contribution in [2.75, 3.05) is 23.7 Å². The lowest BCUT2D eigenvalue weighted by Gasteiger charge is -2.13. The van der Waals surface area contributed by atoms with Crippen LogP contribution in [0.2, 0.25) is 0 Å². The van der Waals surface area contributed by atoms with Crippen molar-refractivity contribution in [1.82, 2.24) is 4.72 Å². The molecule has 0 aliphatic carbocycles. The third-order valence-corrected chi connectivity index (χ3v) is 3.76. The first-order chi connectivity index (χ1) is 8.34. The molecule has 2 N–H and O–H groups in total. The molecule has 0 saturated heterocycles. The van der Waals surface area contributed by atoms with Crippen molar-refractivity contribution < 1.29 is 17.6 Å². The molecule has 18 heavy (non-hydrogen) atoms. The number of halogens is 1. The molecule has 98 valence electrons. The molecule has 0 atom stereocenters. The highest BCUT2D eigenvalue weighted by Crippen LogP contribution is 2.33. The summed E-state index contributed by atoms with van der Waals surface area (Å²) in [7, 11) is -0.979. The zero-order valence-corrected chi connectivity index (χ0v) is 10.6. The zero-order chi connectivity index (χ0) is 13.5. The van der Waals surface area contributed by atoms with Crippen LogP contribution in [-0.4, -0.2) is 28.4 Å². The maximum Gasteiger partial charge on any atom is 0.298 e. The summed E-state index contributed by atoms with van der Waals surface area (Å²) in [5, 5.41) is 0. The molecule has 1 aliphatic rings. The van der Waals surface area contributed by atoms with Gasteiger partial charge < -0.3 is 4.90 Å². The average molecular weight is 273 g/mol. The molecular formula is C10H12FN3O3S. The van der Waals surface area contributed by atoms with E-state index in [-0.39, 0.29) is 23.7 Å². The first kappa shape index (κ1) is 12.8. The summed E-state index contributed by atoms with van der Waals surface area (Å²) in [4.78, 5) is 12.7. The van der Waals surface area contributed by atoms with Crippen molar-refractivity contribution in [1.29, 1.82) is 0 Å². The molecule has 0 saturated carbocycles. The van der Waals surface area contributed by atoms with Crippen LogP contribution < -0.4 is 14.3 Å². The Balaban J connectivity index is 2.42. The number of fused-ring (bicyclic) bond motifs is 1. The maximum absolute atomic E-state index is 13.8. The van der Waals surface area contributed by atoms with Crippen LogP contribution >= 0.6 is 0 Å². The second-order valence-electron chi connectivity index (χ2n) is 3.90. The van der Waals surface area contributed by atoms with Crippen LogP contribution in [0.5, 0.6) is 0 Å². The molecule has 1 heterocycles. The van der Waals surface area contributed by atoms with Gasteiger partial charge in [0.05, 0.1) is 17.8 Å². The quantitative estimate of drug-likeness (QED) is 0.827. The summed E-state index contributed by atoms with van der Waals surface area (Å²) in [5.74, 6) is -0.854. The molecular weight excluding hydrogens is 261 g/mol. The number of nitrogens with one attached hydrogen (secondary N) is 2. The van der Waals surface area contributed by atoms with Gasteiger partial charge in [0.25, 0.3) is 10.2 Å². The molecule has 0 unspecified atom stereocenters. The molecule has 6 nitrogen and oxygen atoms in total. The second-order valence-corrected chi connectivity index (χ2v) is 5.52. The number of benzene rings is 1. The summed E-state index contributed by atoms with van der Waals surface area (Å²) in [6.07, 6.45) is 0.0673. The highest BCUT2D eigenvalue weighted by atomic mass is 32.2. The van der Waals surface area contributed by atoms with Crippen LogP contribution in [0.4, 0.5) is 15.8 Å². The molecule has 2 rings (SSSR count). The van der Waals surface area contributed by atoms with Gasteiger partial charge in [0.2, 0.25) is 5.91 Å². The smallest absolute Gasteiger partial charge is 0.298 e. The molecule has 0 fully saturated rings. The van der Waals surface area contributed by atoms with Crippen molar-refractivity contribution in [3.8, 4) is 0 Å². The number of hydrogen-bond donors (Lipinski definition) is 2. The maximum atomic E-state index is 13.8. The SMILES string of the molecule is CNS(=O)(=O)Nc1cc(F)c2c(c1)CC(=O)N2C. The normalized spacial score (nSPS) is 14.8. The molecule has 1 aromatic rings. The molecule has 1 amide bonds. The fraction of sp³-hybridized carbons (Fsp3) is 0.300. The number of hydrogen-bond acceptors (Lipinski definition) is 3. The lowest BCUT2D eigenvalue weighted by molar-refractivity contribution is -0.117. The molecule has 1 aliphatic heterocycles. The van der Waals surface area contributed by atoms with E-state index in [1.807, 2.05) is 0 Å². The van der Waals surface area contributed by atoms with Gasteiger partial charge in [0.15, 0.2) is 0 Å². The van der Waals surface area contributed by atoms with E-state index in [1.165, 1.54) is 25.1 Å². The minimum absolute atomic E-state index is 0.0673. The van der Waals surface area contributed by atoms with E-state index in [0.717, 1.165) is 6.07 Å². The molecule has 0 radical (unpaired) electrons. The van der Waals surface area contributed by atoms with Gasteiger partial charge in [-0.05, 0) is 11.6 Å². The number of nitrogens with zero attached hydrogens (tertiary/aromatic N) is 1. The summed E-state index contributed by atoms with van der Waals surface area (Å²) in [5.41, 5.74) is 0.757. The van der Waals surface area contributed by atoms with Crippen LogP contribution in [0.1, 0.15) is 5.56 Å². The predicted octanol–water partition coefficient (Wildman–Crippen LogP) is 0.221. The van der Waals surface area contributed by atoms with E-state index in [4.69, 9.17) is 0 Å². The van der Waals surface area contributed by atoms with Gasteiger partial charge in [0.1, 0.15) is 5.82 Å². The zero-order valence-electron chi connectivity index (χ0n) is 9.82. The molecule has 0 aromatic heterocycles. The van der Waals surface area contributed by atoms with Crippen molar-refractivity contribution in [2.45, 2.75) is 6.42 Å². The second kappa shape index (κ2) is 4.21. The van der Waals surface area contributed by atoms with Gasteiger partial charge in [-0.3, -0.25) is 9.52 Å². The molecule has 0 spiro atoms. The van der Waals surface area contributed by atoms with Gasteiger partial charge in [-0.2, -0.15) is 8.42 Å². The Morgan fingerprint density at radius 1 is 1.39 bits per heavy atom. The van der Waals surface area contributed by atoms with E-state index < -0.39 is 16.0 Å². The minimum Gasteiger partial charge on any atom is -0.312 e. The summed E-state index contributed by atoms with van der Waals surface area (Å²) < 4.78 is 40.6. The van der Waals surface area contributed by atoms with Crippen LogP contribution in [-0.2, 0) is 21.4 Å².